The van der Waals surface area contributed by atoms with Gasteiger partial charge >= 0.3 is 0 Å². The lowest BCUT2D eigenvalue weighted by atomic mass is 9.95. The van der Waals surface area contributed by atoms with Gasteiger partial charge in [0.25, 0.3) is 0 Å². The first-order chi connectivity index (χ1) is 36.8. The van der Waals surface area contributed by atoms with E-state index in [2.05, 4.69) is 114 Å². The third-order valence-corrected chi connectivity index (χ3v) is 14.1. The van der Waals surface area contributed by atoms with Crippen molar-refractivity contribution in [3.8, 4) is 0 Å². The number of nitrogens with one attached hydrogen (secondary N) is 2. The highest BCUT2D eigenvalue weighted by Gasteiger charge is 2.25. The summed E-state index contributed by atoms with van der Waals surface area (Å²) in [6, 6.07) is 11.9. The second-order valence-corrected chi connectivity index (χ2v) is 21.4. The van der Waals surface area contributed by atoms with Gasteiger partial charge < -0.3 is 24.7 Å². The number of unbranched alkanes of at least 4 members (excludes halogenated alkanes) is 4. The molecule has 0 spiro atoms. The smallest absolute Gasteiger partial charge is 0.208 e. The summed E-state index contributed by atoms with van der Waals surface area (Å²) >= 11 is 0. The molecule has 77 heavy (non-hydrogen) atoms. The zero-order chi connectivity index (χ0) is 58.3. The average Bonchev–Trinajstić information content (AvgIpc) is 4.09. The maximum Gasteiger partial charge on any atom is 0.208 e. The molecule has 0 amide bonds. The summed E-state index contributed by atoms with van der Waals surface area (Å²) in [6.45, 7) is 38.9. The number of Topliss-reactive ketones (excluding diaryl/α,β-unsaturated/α-hetero) is 1. The van der Waals surface area contributed by atoms with E-state index < -0.39 is 0 Å². The number of hydrogen-bond acceptors (Lipinski definition) is 6. The van der Waals surface area contributed by atoms with Crippen LogP contribution in [0.1, 0.15) is 229 Å². The van der Waals surface area contributed by atoms with E-state index in [1.165, 1.54) is 101 Å². The highest BCUT2D eigenvalue weighted by atomic mass is 19.1. The molecule has 1 saturated carbocycles. The van der Waals surface area contributed by atoms with Crippen LogP contribution in [0.4, 0.5) is 16.0 Å². The quantitative estimate of drug-likeness (QED) is 0.0360. The molecule has 434 valence electrons. The molecule has 1 aromatic heterocycles. The van der Waals surface area contributed by atoms with Crippen LogP contribution in [0.25, 0.3) is 11.0 Å². The lowest BCUT2D eigenvalue weighted by Crippen LogP contribution is -2.25. The molecule has 2 heterocycles. The van der Waals surface area contributed by atoms with E-state index >= 15 is 0 Å². The fraction of sp³-hybridized carbons (Fsp3) is 0.618. The van der Waals surface area contributed by atoms with Crippen LogP contribution in [0.3, 0.4) is 0 Å². The maximum atomic E-state index is 13.3. The molecule has 0 bridgehead atoms. The summed E-state index contributed by atoms with van der Waals surface area (Å²) in [4.78, 5) is 25.8. The molecule has 8 nitrogen and oxygen atoms in total. The number of ketones is 1. The number of rotatable bonds is 26. The number of hydrogen-bond donors (Lipinski definition) is 2. The molecule has 3 atom stereocenters. The topological polar surface area (TPSA) is 88.3 Å². The van der Waals surface area contributed by atoms with Gasteiger partial charge in [-0.05, 0) is 118 Å². The lowest BCUT2D eigenvalue weighted by molar-refractivity contribution is -0.498. The molecule has 2 N–H and O–H groups in total. The Morgan fingerprint density at radius 1 is 0.831 bits per heavy atom. The van der Waals surface area contributed by atoms with E-state index in [1.807, 2.05) is 66.8 Å². The third kappa shape index (κ3) is 30.0. The van der Waals surface area contributed by atoms with Crippen molar-refractivity contribution in [3.63, 3.8) is 0 Å². The number of allylic oxidation sites excluding steroid dienone is 5. The van der Waals surface area contributed by atoms with Gasteiger partial charge in [0.1, 0.15) is 37.2 Å². The van der Waals surface area contributed by atoms with Gasteiger partial charge in [0.05, 0.1) is 30.1 Å². The Morgan fingerprint density at radius 2 is 1.47 bits per heavy atom. The standard InChI is InChI=1S/C27H35N4O.C15H24FN.C10H22.C9H16O2.C5H10.C2H6/c1-17(2)14-22(16-19(4)26-21(6)30(7)13-12-25(26)32-9)20(5)28-27-29-23-11-10-18(3)15-24(23)31(27)8;1-4-6-8-14(7-5-2)17-15-10-12(3)9-13(16)11-15;1-4-6-7-9-10(3)8-5-2;1-3-8(2)9(11)6-4-5-7-10;1-2-4-5-3-1;1-2/h10-11,14-16H,1,5,12-13H2,2-4,6-9H3,(H,28,29);9-11,14,17H,4-8H2,1-3H3;10H,4-9H2,1-3H3;7-8H,3-6H2,1-2H3;1-5H2;1-2H3/q+1;;;;;/b19-16+,22-14+;;;;;. The van der Waals surface area contributed by atoms with Crippen LogP contribution in [-0.2, 0) is 21.4 Å². The number of carbonyl (C=O) groups excluding carboxylic acids is 2. The van der Waals surface area contributed by atoms with Gasteiger partial charge in [-0.25, -0.2) is 13.9 Å². The number of methoxy groups -OCH3 is 1. The van der Waals surface area contributed by atoms with E-state index in [9.17, 15) is 14.0 Å². The Hall–Kier alpha value is -5.05. The maximum absolute atomic E-state index is 13.3. The average molecular weight is 1070 g/mol. The predicted octanol–water partition coefficient (Wildman–Crippen LogP) is 19.5. The zero-order valence-corrected chi connectivity index (χ0v) is 52.3. The minimum absolute atomic E-state index is 0.154. The first-order valence-corrected chi connectivity index (χ1v) is 30.1. The number of anilines is 2. The second kappa shape index (κ2) is 42.9. The van der Waals surface area contributed by atoms with Crippen LogP contribution in [0.5, 0.6) is 0 Å². The highest BCUT2D eigenvalue weighted by Crippen LogP contribution is 2.28. The number of aromatic nitrogens is 2. The van der Waals surface area contributed by atoms with Crippen LogP contribution >= 0.6 is 0 Å². The number of carbonyl (C=O) groups is 2. The second-order valence-electron chi connectivity index (χ2n) is 21.4. The normalized spacial score (nSPS) is 14.4. The van der Waals surface area contributed by atoms with Gasteiger partial charge in [-0.1, -0.05) is 183 Å². The Labute approximate surface area is 471 Å². The van der Waals surface area contributed by atoms with Crippen molar-refractivity contribution in [2.45, 2.75) is 238 Å². The van der Waals surface area contributed by atoms with Crippen molar-refractivity contribution in [2.75, 3.05) is 31.3 Å². The van der Waals surface area contributed by atoms with E-state index in [-0.39, 0.29) is 17.5 Å². The number of benzene rings is 2. The summed E-state index contributed by atoms with van der Waals surface area (Å²) in [5.74, 6) is 3.05. The van der Waals surface area contributed by atoms with Crippen LogP contribution in [0.15, 0.2) is 95.5 Å². The summed E-state index contributed by atoms with van der Waals surface area (Å²) in [5, 5.41) is 6.87. The molecule has 9 heteroatoms. The molecule has 2 aromatic carbocycles. The number of nitrogens with zero attached hydrogens (tertiary/aromatic N) is 3. The van der Waals surface area contributed by atoms with Gasteiger partial charge in [-0.15, -0.1) is 0 Å². The Morgan fingerprint density at radius 3 is 2.01 bits per heavy atom. The van der Waals surface area contributed by atoms with Crippen molar-refractivity contribution in [1.82, 2.24) is 9.55 Å². The largest absolute Gasteiger partial charge is 0.500 e. The van der Waals surface area contributed by atoms with Gasteiger partial charge in [0.2, 0.25) is 5.95 Å². The Bertz CT molecular complexity index is 2260. The summed E-state index contributed by atoms with van der Waals surface area (Å²) < 4.78 is 23.3. The third-order valence-electron chi connectivity index (χ3n) is 14.1. The number of fused-ring (bicyclic) bond motifs is 1. The van der Waals surface area contributed by atoms with E-state index in [0.29, 0.717) is 25.3 Å². The lowest BCUT2D eigenvalue weighted by Gasteiger charge is -2.19. The zero-order valence-electron chi connectivity index (χ0n) is 52.3. The van der Waals surface area contributed by atoms with Gasteiger partial charge in [-0.2, -0.15) is 0 Å². The molecule has 1 aliphatic heterocycles. The highest BCUT2D eigenvalue weighted by molar-refractivity contribution is 5.99. The van der Waals surface area contributed by atoms with Gasteiger partial charge in [0.15, 0.2) is 5.71 Å². The molecular formula is C68H113FN5O3+. The molecule has 3 unspecified atom stereocenters. The minimum Gasteiger partial charge on any atom is -0.500 e. The summed E-state index contributed by atoms with van der Waals surface area (Å²) in [6.07, 6.45) is 30.5. The first kappa shape index (κ1) is 72.0. The molecule has 0 saturated heterocycles. The number of imidazole rings is 1. The molecule has 2 aliphatic rings. The molecule has 5 rings (SSSR count). The fourth-order valence-electron chi connectivity index (χ4n) is 9.31. The molecule has 0 radical (unpaired) electrons. The number of halogens is 1. The van der Waals surface area contributed by atoms with Crippen molar-refractivity contribution in [2.24, 2.45) is 18.9 Å². The predicted molar refractivity (Wildman–Crippen MR) is 335 cm³/mol. The van der Waals surface area contributed by atoms with E-state index in [4.69, 9.17) is 9.72 Å². The minimum atomic E-state index is -0.154. The molecule has 1 fully saturated rings. The Kier molecular flexibility index (Phi) is 40.1. The molecule has 1 aliphatic carbocycles. The number of aldehydes is 1. The van der Waals surface area contributed by atoms with E-state index in [0.717, 1.165) is 106 Å². The van der Waals surface area contributed by atoms with E-state index in [1.54, 1.807) is 19.2 Å². The van der Waals surface area contributed by atoms with Crippen LogP contribution in [0.2, 0.25) is 0 Å². The summed E-state index contributed by atoms with van der Waals surface area (Å²) in [5.41, 5.74) is 11.3. The van der Waals surface area contributed by atoms with Crippen LogP contribution in [0, 0.1) is 31.5 Å². The van der Waals surface area contributed by atoms with Crippen LogP contribution in [-0.4, -0.2) is 58.7 Å². The first-order valence-electron chi connectivity index (χ1n) is 30.1. The van der Waals surface area contributed by atoms with Crippen molar-refractivity contribution >= 4 is 40.5 Å². The Balaban J connectivity index is 0.00000107. The molecule has 3 aromatic rings. The SMILES string of the molecule is C1CCCC1.C=C(C)/C=C(\C=C(/C)C1=C(OC)CC[N+](C)=C1C)C(=C)Nc1nc2ccc(C)cc2n1C.CC.CCC(C)C(=O)CCCC=O.CCCCC(CCC)Nc1cc(C)cc(F)c1.CCCCCC(C)CCC. The van der Waals surface area contributed by atoms with Crippen molar-refractivity contribution in [3.05, 3.63) is 112 Å². The molecular weight excluding hydrogens is 954 g/mol. The summed E-state index contributed by atoms with van der Waals surface area (Å²) in [7, 11) is 5.88. The van der Waals surface area contributed by atoms with Gasteiger partial charge in [-0.3, -0.25) is 4.79 Å². The number of aryl methyl sites for hydroxylation is 3. The van der Waals surface area contributed by atoms with Crippen molar-refractivity contribution in [1.29, 1.82) is 0 Å². The van der Waals surface area contributed by atoms with Crippen LogP contribution < -0.4 is 10.6 Å². The van der Waals surface area contributed by atoms with Crippen molar-refractivity contribution < 1.29 is 23.3 Å². The monoisotopic (exact) mass is 1070 g/mol. The van der Waals surface area contributed by atoms with Gasteiger partial charge in [0, 0.05) is 50.2 Å². The number of ether oxygens (including phenoxy) is 1. The fourth-order valence-corrected chi connectivity index (χ4v) is 9.31.